The first-order chi connectivity index (χ1) is 12.9. The Hall–Kier alpha value is -3.07. The summed E-state index contributed by atoms with van der Waals surface area (Å²) in [6.45, 7) is 1.72. The van der Waals surface area contributed by atoms with E-state index in [1.54, 1.807) is 31.2 Å². The van der Waals surface area contributed by atoms with Crippen molar-refractivity contribution in [2.24, 2.45) is 0 Å². The van der Waals surface area contributed by atoms with E-state index in [1.807, 2.05) is 0 Å². The predicted molar refractivity (Wildman–Crippen MR) is 101 cm³/mol. The van der Waals surface area contributed by atoms with Crippen LogP contribution in [-0.4, -0.2) is 29.1 Å². The normalized spacial score (nSPS) is 23.5. The summed E-state index contributed by atoms with van der Waals surface area (Å²) >= 11 is 1.18. The number of thioether (sulfide) groups is 1. The number of nitrogens with one attached hydrogen (secondary N) is 1. The van der Waals surface area contributed by atoms with Gasteiger partial charge in [-0.1, -0.05) is 0 Å². The molecule has 27 heavy (non-hydrogen) atoms. The highest BCUT2D eigenvalue weighted by atomic mass is 32.2. The Balaban J connectivity index is 1.92. The summed E-state index contributed by atoms with van der Waals surface area (Å²) in [4.78, 5) is 36.7. The maximum Gasteiger partial charge on any atom is 0.269 e. The quantitative estimate of drug-likeness (QED) is 0.644. The minimum absolute atomic E-state index is 0.132. The average molecular weight is 385 g/mol. The SMILES string of the molecule is COc1ccc(N2C(=O)C(C)SC23C(=O)Nc2ccc([N+](=O)[O-])cc23)cc1. The van der Waals surface area contributed by atoms with Crippen LogP contribution in [0.25, 0.3) is 0 Å². The highest BCUT2D eigenvalue weighted by Crippen LogP contribution is 2.56. The fourth-order valence-corrected chi connectivity index (χ4v) is 4.91. The van der Waals surface area contributed by atoms with Gasteiger partial charge in [-0.25, -0.2) is 0 Å². The molecule has 2 heterocycles. The summed E-state index contributed by atoms with van der Waals surface area (Å²) in [6, 6.07) is 11.0. The minimum Gasteiger partial charge on any atom is -0.497 e. The summed E-state index contributed by atoms with van der Waals surface area (Å²) in [7, 11) is 1.54. The van der Waals surface area contributed by atoms with E-state index < -0.39 is 21.0 Å². The van der Waals surface area contributed by atoms with Crippen molar-refractivity contribution < 1.29 is 19.2 Å². The molecule has 0 aliphatic carbocycles. The first-order valence-electron chi connectivity index (χ1n) is 8.15. The summed E-state index contributed by atoms with van der Waals surface area (Å²) in [5.41, 5.74) is 1.28. The zero-order valence-corrected chi connectivity index (χ0v) is 15.3. The van der Waals surface area contributed by atoms with Gasteiger partial charge in [0.05, 0.1) is 17.3 Å². The second-order valence-corrected chi connectivity index (χ2v) is 7.75. The average Bonchev–Trinajstić information content (AvgIpc) is 3.09. The van der Waals surface area contributed by atoms with Crippen LogP contribution in [0.5, 0.6) is 5.75 Å². The molecule has 8 nitrogen and oxygen atoms in total. The van der Waals surface area contributed by atoms with Crippen LogP contribution in [0.4, 0.5) is 17.1 Å². The number of hydrogen-bond donors (Lipinski definition) is 1. The molecule has 2 unspecified atom stereocenters. The van der Waals surface area contributed by atoms with Crippen LogP contribution in [-0.2, 0) is 14.5 Å². The lowest BCUT2D eigenvalue weighted by Gasteiger charge is -2.32. The van der Waals surface area contributed by atoms with E-state index in [0.717, 1.165) is 0 Å². The molecule has 2 amide bonds. The third-order valence-electron chi connectivity index (χ3n) is 4.70. The number of fused-ring (bicyclic) bond motifs is 2. The van der Waals surface area contributed by atoms with Crippen LogP contribution in [0.15, 0.2) is 42.5 Å². The molecule has 0 saturated carbocycles. The van der Waals surface area contributed by atoms with Gasteiger partial charge in [0.2, 0.25) is 10.8 Å². The van der Waals surface area contributed by atoms with Crippen LogP contribution in [0, 0.1) is 10.1 Å². The molecule has 0 aromatic heterocycles. The number of anilines is 2. The molecule has 0 bridgehead atoms. The maximum atomic E-state index is 13.0. The largest absolute Gasteiger partial charge is 0.497 e. The second kappa shape index (κ2) is 5.98. The molecule has 2 aliphatic heterocycles. The second-order valence-electron chi connectivity index (χ2n) is 6.22. The molecule has 1 spiro atoms. The van der Waals surface area contributed by atoms with Gasteiger partial charge in [-0.2, -0.15) is 0 Å². The van der Waals surface area contributed by atoms with Gasteiger partial charge in [0.15, 0.2) is 0 Å². The van der Waals surface area contributed by atoms with Gasteiger partial charge in [0, 0.05) is 29.1 Å². The Morgan fingerprint density at radius 1 is 1.22 bits per heavy atom. The molecular formula is C18H15N3O5S. The van der Waals surface area contributed by atoms with Crippen LogP contribution >= 0.6 is 11.8 Å². The van der Waals surface area contributed by atoms with E-state index in [-0.39, 0.29) is 11.6 Å². The van der Waals surface area contributed by atoms with Crippen LogP contribution < -0.4 is 15.0 Å². The van der Waals surface area contributed by atoms with Crippen molar-refractivity contribution in [2.75, 3.05) is 17.3 Å². The summed E-state index contributed by atoms with van der Waals surface area (Å²) in [5.74, 6) is -0.0109. The third kappa shape index (κ3) is 2.38. The number of rotatable bonds is 3. The number of methoxy groups -OCH3 is 1. The monoisotopic (exact) mass is 385 g/mol. The number of nitrogens with zero attached hydrogens (tertiary/aromatic N) is 2. The van der Waals surface area contributed by atoms with E-state index in [4.69, 9.17) is 4.74 Å². The molecule has 9 heteroatoms. The van der Waals surface area contributed by atoms with Crippen LogP contribution in [0.3, 0.4) is 0 Å². The van der Waals surface area contributed by atoms with Gasteiger partial charge < -0.3 is 10.1 Å². The van der Waals surface area contributed by atoms with Gasteiger partial charge in [-0.15, -0.1) is 11.8 Å². The van der Waals surface area contributed by atoms with Crippen molar-refractivity contribution in [2.45, 2.75) is 17.0 Å². The standard InChI is InChI=1S/C18H15N3O5S/c1-10-16(22)20(11-3-6-13(26-2)7-4-11)18(27-10)14-9-12(21(24)25)5-8-15(14)19-17(18)23/h3-10H,1-2H3,(H,19,23). The number of non-ortho nitro benzene ring substituents is 1. The Bertz CT molecular complexity index is 977. The van der Waals surface area contributed by atoms with E-state index >= 15 is 0 Å². The Labute approximate surface area is 158 Å². The van der Waals surface area contributed by atoms with Crippen molar-refractivity contribution in [3.05, 3.63) is 58.1 Å². The van der Waals surface area contributed by atoms with Crippen molar-refractivity contribution >= 4 is 40.6 Å². The van der Waals surface area contributed by atoms with Crippen molar-refractivity contribution in [1.82, 2.24) is 0 Å². The Morgan fingerprint density at radius 3 is 2.56 bits per heavy atom. The molecule has 4 rings (SSSR count). The number of ether oxygens (including phenoxy) is 1. The summed E-state index contributed by atoms with van der Waals surface area (Å²) in [5, 5.41) is 13.5. The first kappa shape index (κ1) is 17.3. The van der Waals surface area contributed by atoms with E-state index in [9.17, 15) is 19.7 Å². The van der Waals surface area contributed by atoms with Gasteiger partial charge in [0.25, 0.3) is 11.6 Å². The Kier molecular flexibility index (Phi) is 3.84. The van der Waals surface area contributed by atoms with E-state index in [0.29, 0.717) is 22.7 Å². The number of nitro groups is 1. The third-order valence-corrected chi connectivity index (χ3v) is 6.18. The highest BCUT2D eigenvalue weighted by molar-refractivity contribution is 8.03. The number of hydrogen-bond acceptors (Lipinski definition) is 6. The number of benzene rings is 2. The Morgan fingerprint density at radius 2 is 1.93 bits per heavy atom. The molecule has 1 fully saturated rings. The van der Waals surface area contributed by atoms with E-state index in [2.05, 4.69) is 5.32 Å². The number of carbonyl (C=O) groups excluding carboxylic acids is 2. The fourth-order valence-electron chi connectivity index (χ4n) is 3.44. The smallest absolute Gasteiger partial charge is 0.269 e. The first-order valence-corrected chi connectivity index (χ1v) is 9.03. The molecule has 2 aliphatic rings. The number of carbonyl (C=O) groups is 2. The molecule has 2 aromatic carbocycles. The van der Waals surface area contributed by atoms with Gasteiger partial charge >= 0.3 is 0 Å². The van der Waals surface area contributed by atoms with Crippen molar-refractivity contribution in [3.63, 3.8) is 0 Å². The number of amides is 2. The lowest BCUT2D eigenvalue weighted by molar-refractivity contribution is -0.384. The molecule has 2 aromatic rings. The molecule has 138 valence electrons. The van der Waals surface area contributed by atoms with Crippen LogP contribution in [0.1, 0.15) is 12.5 Å². The van der Waals surface area contributed by atoms with Crippen LogP contribution in [0.2, 0.25) is 0 Å². The lowest BCUT2D eigenvalue weighted by Crippen LogP contribution is -2.47. The zero-order chi connectivity index (χ0) is 19.3. The van der Waals surface area contributed by atoms with Gasteiger partial charge in [-0.3, -0.25) is 24.6 Å². The summed E-state index contributed by atoms with van der Waals surface area (Å²) < 4.78 is 5.15. The van der Waals surface area contributed by atoms with Crippen molar-refractivity contribution in [1.29, 1.82) is 0 Å². The molecular weight excluding hydrogens is 370 g/mol. The molecule has 0 radical (unpaired) electrons. The van der Waals surface area contributed by atoms with Gasteiger partial charge in [0.1, 0.15) is 5.75 Å². The molecule has 1 saturated heterocycles. The minimum atomic E-state index is -1.38. The highest BCUT2D eigenvalue weighted by Gasteiger charge is 2.61. The maximum absolute atomic E-state index is 13.0. The molecule has 2 atom stereocenters. The fraction of sp³-hybridized carbons (Fsp3) is 0.222. The lowest BCUT2D eigenvalue weighted by atomic mass is 10.0. The molecule has 1 N–H and O–H groups in total. The zero-order valence-electron chi connectivity index (χ0n) is 14.5. The summed E-state index contributed by atoms with van der Waals surface area (Å²) in [6.07, 6.45) is 0. The predicted octanol–water partition coefficient (Wildman–Crippen LogP) is 2.88. The van der Waals surface area contributed by atoms with Gasteiger partial charge in [-0.05, 0) is 37.3 Å². The topological polar surface area (TPSA) is 102 Å². The van der Waals surface area contributed by atoms with E-state index in [1.165, 1.54) is 42.0 Å². The number of nitro benzene ring substituents is 1. The van der Waals surface area contributed by atoms with Crippen molar-refractivity contribution in [3.8, 4) is 5.75 Å².